The quantitative estimate of drug-likeness (QED) is 0.119. The lowest BCUT2D eigenvalue weighted by molar-refractivity contribution is -0.132. The number of carbonyl (C=O) groups is 2. The molecule has 1 unspecified atom stereocenters. The first-order chi connectivity index (χ1) is 18.8. The molecule has 200 valence electrons. The van der Waals surface area contributed by atoms with Gasteiger partial charge in [-0.05, 0) is 60.9 Å². The fraction of sp³-hybridized carbons (Fsp3) is 0.233. The number of fused-ring (bicyclic) bond motifs is 1. The number of rotatable bonds is 8. The van der Waals surface area contributed by atoms with Crippen molar-refractivity contribution in [2.75, 3.05) is 18.6 Å². The van der Waals surface area contributed by atoms with E-state index in [0.717, 1.165) is 23.1 Å². The number of hydrogen-bond acceptors (Lipinski definition) is 8. The highest BCUT2D eigenvalue weighted by atomic mass is 32.1. The Labute approximate surface area is 229 Å². The highest BCUT2D eigenvalue weighted by Gasteiger charge is 2.48. The van der Waals surface area contributed by atoms with Gasteiger partial charge in [0.15, 0.2) is 16.6 Å². The Bertz CT molecular complexity index is 1610. The highest BCUT2D eigenvalue weighted by molar-refractivity contribution is 7.22. The van der Waals surface area contributed by atoms with Gasteiger partial charge in [0.2, 0.25) is 0 Å². The van der Waals surface area contributed by atoms with Gasteiger partial charge in [-0.25, -0.2) is 4.98 Å². The molecule has 3 aromatic carbocycles. The summed E-state index contributed by atoms with van der Waals surface area (Å²) in [7, 11) is 1.41. The maximum absolute atomic E-state index is 13.5. The molecular weight excluding hydrogens is 516 g/mol. The first kappa shape index (κ1) is 26.2. The third-order valence-corrected chi connectivity index (χ3v) is 7.59. The van der Waals surface area contributed by atoms with Crippen LogP contribution in [0.5, 0.6) is 17.2 Å². The summed E-state index contributed by atoms with van der Waals surface area (Å²) in [6.07, 6.45) is 1.86. The van der Waals surface area contributed by atoms with Crippen LogP contribution in [-0.4, -0.2) is 40.6 Å². The fourth-order valence-electron chi connectivity index (χ4n) is 4.56. The lowest BCUT2D eigenvalue weighted by atomic mass is 9.95. The van der Waals surface area contributed by atoms with Gasteiger partial charge < -0.3 is 19.7 Å². The van der Waals surface area contributed by atoms with Crippen LogP contribution in [0.15, 0.2) is 66.2 Å². The number of unbranched alkanes of at least 4 members (excludes halogenated alkanes) is 1. The molecule has 39 heavy (non-hydrogen) atoms. The van der Waals surface area contributed by atoms with Gasteiger partial charge in [0, 0.05) is 5.56 Å². The third-order valence-electron chi connectivity index (χ3n) is 6.58. The topological polar surface area (TPSA) is 109 Å². The van der Waals surface area contributed by atoms with Crippen LogP contribution >= 0.6 is 11.3 Å². The molecule has 1 aromatic heterocycles. The van der Waals surface area contributed by atoms with Crippen LogP contribution in [-0.2, 0) is 9.59 Å². The molecule has 4 aromatic rings. The van der Waals surface area contributed by atoms with Gasteiger partial charge in [0.05, 0.1) is 35.5 Å². The summed E-state index contributed by atoms with van der Waals surface area (Å²) in [6, 6.07) is 16.1. The van der Waals surface area contributed by atoms with Crippen LogP contribution in [0, 0.1) is 6.92 Å². The number of phenols is 1. The molecule has 8 nitrogen and oxygen atoms in total. The number of aromatic hydroxyl groups is 1. The van der Waals surface area contributed by atoms with E-state index < -0.39 is 17.7 Å². The van der Waals surface area contributed by atoms with E-state index in [1.807, 2.05) is 25.1 Å². The number of aryl methyl sites for hydroxylation is 1. The number of amides is 1. The number of ether oxygens (including phenoxy) is 2. The molecule has 0 radical (unpaired) electrons. The highest BCUT2D eigenvalue weighted by Crippen LogP contribution is 2.46. The zero-order chi connectivity index (χ0) is 27.7. The Balaban J connectivity index is 1.68. The van der Waals surface area contributed by atoms with E-state index in [4.69, 9.17) is 9.47 Å². The number of carbonyl (C=O) groups excluding carboxylic acids is 2. The number of anilines is 1. The van der Waals surface area contributed by atoms with Crippen molar-refractivity contribution in [2.24, 2.45) is 0 Å². The summed E-state index contributed by atoms with van der Waals surface area (Å²) in [5.74, 6) is -1.34. The van der Waals surface area contributed by atoms with E-state index in [0.29, 0.717) is 34.1 Å². The second-order valence-electron chi connectivity index (χ2n) is 9.30. The molecule has 1 saturated heterocycles. The molecule has 1 aliphatic rings. The van der Waals surface area contributed by atoms with Crippen LogP contribution in [0.25, 0.3) is 16.0 Å². The predicted molar refractivity (Wildman–Crippen MR) is 151 cm³/mol. The summed E-state index contributed by atoms with van der Waals surface area (Å²) in [6.45, 7) is 4.55. The van der Waals surface area contributed by atoms with E-state index in [-0.39, 0.29) is 22.8 Å². The zero-order valence-electron chi connectivity index (χ0n) is 21.8. The molecule has 0 aliphatic carbocycles. The number of hydrogen-bond donors (Lipinski definition) is 2. The molecule has 0 spiro atoms. The second kappa shape index (κ2) is 10.8. The SMILES string of the molecule is CCCCOc1cccc(/C(O)=C2\C(=O)C(=O)N(c3nc4ccc(C)cc4s3)C2c2ccc(O)c(OC)c2)c1. The number of methoxy groups -OCH3 is 1. The van der Waals surface area contributed by atoms with Crippen LogP contribution in [0.3, 0.4) is 0 Å². The molecule has 1 atom stereocenters. The summed E-state index contributed by atoms with van der Waals surface area (Å²) in [5.41, 5.74) is 2.46. The van der Waals surface area contributed by atoms with Gasteiger partial charge in [-0.3, -0.25) is 14.5 Å². The van der Waals surface area contributed by atoms with Crippen molar-refractivity contribution in [3.63, 3.8) is 0 Å². The van der Waals surface area contributed by atoms with Crippen molar-refractivity contribution in [1.82, 2.24) is 4.98 Å². The monoisotopic (exact) mass is 544 g/mol. The number of phenolic OH excluding ortho intramolecular Hbond substituents is 1. The minimum absolute atomic E-state index is 0.0890. The van der Waals surface area contributed by atoms with E-state index >= 15 is 0 Å². The normalized spacial score (nSPS) is 16.7. The van der Waals surface area contributed by atoms with Crippen LogP contribution in [0.1, 0.15) is 42.5 Å². The van der Waals surface area contributed by atoms with E-state index in [1.165, 1.54) is 29.4 Å². The number of thiazole rings is 1. The lowest BCUT2D eigenvalue weighted by Gasteiger charge is -2.23. The van der Waals surface area contributed by atoms with Gasteiger partial charge in [-0.1, -0.05) is 48.9 Å². The van der Waals surface area contributed by atoms with Gasteiger partial charge in [-0.2, -0.15) is 0 Å². The predicted octanol–water partition coefficient (Wildman–Crippen LogP) is 6.12. The molecule has 2 N–H and O–H groups in total. The molecule has 1 aliphatic heterocycles. The number of nitrogens with zero attached hydrogens (tertiary/aromatic N) is 2. The molecule has 5 rings (SSSR count). The number of aromatic nitrogens is 1. The van der Waals surface area contributed by atoms with Crippen LogP contribution < -0.4 is 14.4 Å². The van der Waals surface area contributed by atoms with Gasteiger partial charge in [-0.15, -0.1) is 0 Å². The average Bonchev–Trinajstić information content (AvgIpc) is 3.46. The smallest absolute Gasteiger partial charge is 0.301 e. The average molecular weight is 545 g/mol. The van der Waals surface area contributed by atoms with Crippen molar-refractivity contribution in [2.45, 2.75) is 32.7 Å². The minimum atomic E-state index is -1.01. The molecule has 9 heteroatoms. The van der Waals surface area contributed by atoms with Gasteiger partial charge >= 0.3 is 5.91 Å². The Hall–Kier alpha value is -4.37. The van der Waals surface area contributed by atoms with Gasteiger partial charge in [0.1, 0.15) is 11.5 Å². The largest absolute Gasteiger partial charge is 0.507 e. The molecule has 1 amide bonds. The van der Waals surface area contributed by atoms with E-state index in [1.54, 1.807) is 36.4 Å². The van der Waals surface area contributed by atoms with Crippen LogP contribution in [0.4, 0.5) is 5.13 Å². The number of ketones is 1. The second-order valence-corrected chi connectivity index (χ2v) is 10.3. The molecular formula is C30H28N2O6S. The Morgan fingerprint density at radius 3 is 2.69 bits per heavy atom. The summed E-state index contributed by atoms with van der Waals surface area (Å²) in [4.78, 5) is 33.0. The fourth-order valence-corrected chi connectivity index (χ4v) is 5.65. The molecule has 2 heterocycles. The standard InChI is InChI=1S/C30H28N2O6S/c1-4-5-13-38-20-8-6-7-19(15-20)27(34)25-26(18-10-12-22(33)23(16-18)37-3)32(29(36)28(25)35)30-31-21-11-9-17(2)14-24(21)39-30/h6-12,14-16,26,33-34H,4-5,13H2,1-3H3/b27-25+. The van der Waals surface area contributed by atoms with Crippen molar-refractivity contribution in [3.8, 4) is 17.2 Å². The molecule has 0 saturated carbocycles. The van der Waals surface area contributed by atoms with E-state index in [2.05, 4.69) is 11.9 Å². The summed E-state index contributed by atoms with van der Waals surface area (Å²) in [5, 5.41) is 22.0. The maximum atomic E-state index is 13.5. The Morgan fingerprint density at radius 2 is 1.92 bits per heavy atom. The first-order valence-electron chi connectivity index (χ1n) is 12.6. The van der Waals surface area contributed by atoms with Gasteiger partial charge in [0.25, 0.3) is 5.78 Å². The third kappa shape index (κ3) is 4.93. The number of Topliss-reactive ketones (excluding diaryl/α,β-unsaturated/α-hetero) is 1. The maximum Gasteiger partial charge on any atom is 0.301 e. The van der Waals surface area contributed by atoms with Crippen molar-refractivity contribution < 1.29 is 29.3 Å². The summed E-state index contributed by atoms with van der Waals surface area (Å²) < 4.78 is 12.0. The number of aliphatic hydroxyl groups is 1. The summed E-state index contributed by atoms with van der Waals surface area (Å²) >= 11 is 1.29. The van der Waals surface area contributed by atoms with Crippen LogP contribution in [0.2, 0.25) is 0 Å². The lowest BCUT2D eigenvalue weighted by Crippen LogP contribution is -2.29. The minimum Gasteiger partial charge on any atom is -0.507 e. The van der Waals surface area contributed by atoms with E-state index in [9.17, 15) is 19.8 Å². The number of benzene rings is 3. The first-order valence-corrected chi connectivity index (χ1v) is 13.4. The van der Waals surface area contributed by atoms with Crippen molar-refractivity contribution >= 4 is 44.1 Å². The Morgan fingerprint density at radius 1 is 1.10 bits per heavy atom. The molecule has 0 bridgehead atoms. The number of aliphatic hydroxyl groups excluding tert-OH is 1. The van der Waals surface area contributed by atoms with Crippen molar-refractivity contribution in [3.05, 3.63) is 82.9 Å². The zero-order valence-corrected chi connectivity index (χ0v) is 22.6. The molecule has 1 fully saturated rings. The Kier molecular flexibility index (Phi) is 7.26. The van der Waals surface area contributed by atoms with Crippen molar-refractivity contribution in [1.29, 1.82) is 0 Å².